The van der Waals surface area contributed by atoms with Crippen LogP contribution >= 0.6 is 15.9 Å². The summed E-state index contributed by atoms with van der Waals surface area (Å²) in [6.07, 6.45) is 1.73. The van der Waals surface area contributed by atoms with Gasteiger partial charge in [0.15, 0.2) is 0 Å². The topological polar surface area (TPSA) is 85.1 Å². The van der Waals surface area contributed by atoms with E-state index in [-0.39, 0.29) is 11.1 Å². The lowest BCUT2D eigenvalue weighted by Gasteiger charge is -2.11. The molecule has 0 atom stereocenters. The molecule has 2 N–H and O–H groups in total. The molecule has 0 aliphatic rings. The molecule has 0 aliphatic heterocycles. The number of rotatable bonds is 2. The van der Waals surface area contributed by atoms with Gasteiger partial charge in [0.25, 0.3) is 17.4 Å². The summed E-state index contributed by atoms with van der Waals surface area (Å²) in [5.74, 6) is -1.02. The van der Waals surface area contributed by atoms with E-state index in [1.807, 2.05) is 0 Å². The van der Waals surface area contributed by atoms with Crippen molar-refractivity contribution in [2.24, 2.45) is 14.1 Å². The van der Waals surface area contributed by atoms with E-state index >= 15 is 0 Å². The molecule has 7 nitrogen and oxygen atoms in total. The fourth-order valence-electron chi connectivity index (χ4n) is 2.59. The predicted octanol–water partition coefficient (Wildman–Crippen LogP) is 1.71. The summed E-state index contributed by atoms with van der Waals surface area (Å²) in [5, 5.41) is 0.623. The molecule has 2 aromatic heterocycles. The first kappa shape index (κ1) is 17.0. The number of hydrogen-bond acceptors (Lipinski definition) is 3. The Balaban J connectivity index is 1.86. The van der Waals surface area contributed by atoms with Gasteiger partial charge in [-0.05, 0) is 28.1 Å². The van der Waals surface area contributed by atoms with Crippen LogP contribution in [0.2, 0.25) is 0 Å². The van der Waals surface area contributed by atoms with E-state index in [1.165, 1.54) is 10.6 Å². The molecule has 3 rings (SSSR count). The minimum atomic E-state index is -0.560. The number of hydrazine groups is 1. The number of aryl methyl sites for hydroxylation is 2. The van der Waals surface area contributed by atoms with Crippen molar-refractivity contribution in [2.45, 2.75) is 0 Å². The quantitative estimate of drug-likeness (QED) is 0.639. The van der Waals surface area contributed by atoms with E-state index in [0.717, 1.165) is 4.47 Å². The molecule has 8 heteroatoms. The molecule has 128 valence electrons. The van der Waals surface area contributed by atoms with Crippen molar-refractivity contribution >= 4 is 38.6 Å². The number of hydrogen-bond donors (Lipinski definition) is 2. The van der Waals surface area contributed by atoms with Gasteiger partial charge in [0.2, 0.25) is 0 Å². The van der Waals surface area contributed by atoms with Crippen LogP contribution in [-0.4, -0.2) is 20.9 Å². The lowest BCUT2D eigenvalue weighted by molar-refractivity contribution is 0.0843. The molecule has 1 aromatic carbocycles. The largest absolute Gasteiger partial charge is 0.345 e. The number of nitrogens with one attached hydrogen (secondary N) is 2. The fourth-order valence-corrected chi connectivity index (χ4v) is 3.12. The van der Waals surface area contributed by atoms with E-state index in [0.29, 0.717) is 16.6 Å². The van der Waals surface area contributed by atoms with Crippen molar-refractivity contribution in [2.75, 3.05) is 0 Å². The number of aromatic nitrogens is 2. The van der Waals surface area contributed by atoms with Crippen LogP contribution in [0.3, 0.4) is 0 Å². The van der Waals surface area contributed by atoms with Crippen LogP contribution in [0.5, 0.6) is 0 Å². The summed E-state index contributed by atoms with van der Waals surface area (Å²) >= 11 is 3.28. The van der Waals surface area contributed by atoms with E-state index in [2.05, 4.69) is 26.8 Å². The summed E-state index contributed by atoms with van der Waals surface area (Å²) in [7, 11) is 3.36. The fraction of sp³-hybridized carbons (Fsp3) is 0.118. The molecule has 3 aromatic rings. The summed E-state index contributed by atoms with van der Waals surface area (Å²) in [6.45, 7) is 0. The maximum absolute atomic E-state index is 12.5. The number of fused-ring (bicyclic) bond motifs is 1. The average molecular weight is 403 g/mol. The first-order chi connectivity index (χ1) is 11.9. The number of nitrogens with zero attached hydrogens (tertiary/aromatic N) is 2. The standard InChI is InChI=1S/C17H15BrN4O3/c1-21-9-10(18)7-14(21)17(25)20-19-16(24)12-8-15(23)22(2)13-6-4-3-5-11(12)13/h3-9H,1-2H3,(H,19,24)(H,20,25). The first-order valence-electron chi connectivity index (χ1n) is 7.40. The second kappa shape index (κ2) is 6.56. The van der Waals surface area contributed by atoms with Gasteiger partial charge in [-0.25, -0.2) is 0 Å². The highest BCUT2D eigenvalue weighted by Crippen LogP contribution is 2.16. The van der Waals surface area contributed by atoms with Gasteiger partial charge >= 0.3 is 0 Å². The second-order valence-corrected chi connectivity index (χ2v) is 6.45. The Bertz CT molecular complexity index is 1050. The lowest BCUT2D eigenvalue weighted by atomic mass is 10.1. The zero-order valence-corrected chi connectivity index (χ0v) is 15.1. The zero-order chi connectivity index (χ0) is 18.1. The Morgan fingerprint density at radius 3 is 2.40 bits per heavy atom. The summed E-state index contributed by atoms with van der Waals surface area (Å²) in [5.41, 5.74) is 5.63. The Labute approximate surface area is 151 Å². The van der Waals surface area contributed by atoms with Crippen LogP contribution in [-0.2, 0) is 14.1 Å². The van der Waals surface area contributed by atoms with Gasteiger partial charge in [-0.1, -0.05) is 18.2 Å². The van der Waals surface area contributed by atoms with Crippen LogP contribution in [0, 0.1) is 0 Å². The number of pyridine rings is 1. The molecule has 0 fully saturated rings. The third-order valence-corrected chi connectivity index (χ3v) is 4.33. The molecule has 0 radical (unpaired) electrons. The van der Waals surface area contributed by atoms with Gasteiger partial charge in [0, 0.05) is 36.2 Å². The monoisotopic (exact) mass is 402 g/mol. The normalized spacial score (nSPS) is 10.7. The molecule has 0 spiro atoms. The van der Waals surface area contributed by atoms with Gasteiger partial charge < -0.3 is 9.13 Å². The van der Waals surface area contributed by atoms with Crippen LogP contribution < -0.4 is 16.4 Å². The number of carbonyl (C=O) groups is 2. The minimum absolute atomic E-state index is 0.201. The van der Waals surface area contributed by atoms with Crippen LogP contribution in [0.1, 0.15) is 20.8 Å². The van der Waals surface area contributed by atoms with Gasteiger partial charge in [0.1, 0.15) is 5.69 Å². The molecule has 2 amide bonds. The van der Waals surface area contributed by atoms with Gasteiger partial charge in [-0.2, -0.15) is 0 Å². The molecule has 25 heavy (non-hydrogen) atoms. The molecule has 0 unspecified atom stereocenters. The summed E-state index contributed by atoms with van der Waals surface area (Å²) in [4.78, 5) is 36.7. The number of halogens is 1. The van der Waals surface area contributed by atoms with E-state index in [1.54, 1.807) is 55.2 Å². The van der Waals surface area contributed by atoms with Crippen molar-refractivity contribution in [1.29, 1.82) is 0 Å². The molecule has 0 saturated carbocycles. The van der Waals surface area contributed by atoms with Crippen LogP contribution in [0.25, 0.3) is 10.9 Å². The van der Waals surface area contributed by atoms with Gasteiger partial charge in [-0.15, -0.1) is 0 Å². The third kappa shape index (κ3) is 3.20. The number of benzene rings is 1. The van der Waals surface area contributed by atoms with Crippen molar-refractivity contribution < 1.29 is 9.59 Å². The third-order valence-electron chi connectivity index (χ3n) is 3.89. The van der Waals surface area contributed by atoms with Gasteiger partial charge in [0.05, 0.1) is 11.1 Å². The second-order valence-electron chi connectivity index (χ2n) is 5.54. The van der Waals surface area contributed by atoms with Crippen LogP contribution in [0.15, 0.2) is 51.9 Å². The number of amides is 2. The minimum Gasteiger partial charge on any atom is -0.345 e. The average Bonchev–Trinajstić information content (AvgIpc) is 2.94. The zero-order valence-electron chi connectivity index (χ0n) is 13.5. The Hall–Kier alpha value is -2.87. The highest BCUT2D eigenvalue weighted by atomic mass is 79.9. The molecule has 2 heterocycles. The highest BCUT2D eigenvalue weighted by molar-refractivity contribution is 9.10. The van der Waals surface area contributed by atoms with E-state index in [9.17, 15) is 14.4 Å². The van der Waals surface area contributed by atoms with Crippen molar-refractivity contribution in [3.05, 3.63) is 68.7 Å². The van der Waals surface area contributed by atoms with Crippen molar-refractivity contribution in [3.63, 3.8) is 0 Å². The summed E-state index contributed by atoms with van der Waals surface area (Å²) < 4.78 is 3.84. The highest BCUT2D eigenvalue weighted by Gasteiger charge is 2.16. The van der Waals surface area contributed by atoms with Crippen LogP contribution in [0.4, 0.5) is 0 Å². The first-order valence-corrected chi connectivity index (χ1v) is 8.19. The smallest absolute Gasteiger partial charge is 0.286 e. The maximum Gasteiger partial charge on any atom is 0.286 e. The van der Waals surface area contributed by atoms with E-state index in [4.69, 9.17) is 0 Å². The van der Waals surface area contributed by atoms with Crippen molar-refractivity contribution in [1.82, 2.24) is 20.0 Å². The lowest BCUT2D eigenvalue weighted by Crippen LogP contribution is -2.42. The molecule has 0 bridgehead atoms. The molecular weight excluding hydrogens is 388 g/mol. The predicted molar refractivity (Wildman–Crippen MR) is 97.2 cm³/mol. The molecular formula is C17H15BrN4O3. The Morgan fingerprint density at radius 1 is 1.04 bits per heavy atom. The number of carbonyl (C=O) groups excluding carboxylic acids is 2. The number of para-hydroxylation sites is 1. The summed E-state index contributed by atoms with van der Waals surface area (Å²) in [6, 6.07) is 9.97. The molecule has 0 saturated heterocycles. The molecule has 0 aliphatic carbocycles. The maximum atomic E-state index is 12.5. The van der Waals surface area contributed by atoms with Gasteiger partial charge in [-0.3, -0.25) is 25.2 Å². The SMILES string of the molecule is Cn1cc(Br)cc1C(=O)NNC(=O)c1cc(=O)n(C)c2ccccc12. The van der Waals surface area contributed by atoms with E-state index < -0.39 is 11.8 Å². The Morgan fingerprint density at radius 2 is 1.72 bits per heavy atom. The Kier molecular flexibility index (Phi) is 4.45. The van der Waals surface area contributed by atoms with Crippen molar-refractivity contribution in [3.8, 4) is 0 Å².